The van der Waals surface area contributed by atoms with Gasteiger partial charge in [-0.1, -0.05) is 0 Å². The molecular weight excluding hydrogens is 170 g/mol. The maximum Gasteiger partial charge on any atom is 0.251 e. The lowest BCUT2D eigenvalue weighted by Gasteiger charge is -2.39. The molecule has 0 aromatic rings. The van der Waals surface area contributed by atoms with Gasteiger partial charge in [0.25, 0.3) is 5.91 Å². The van der Waals surface area contributed by atoms with E-state index in [1.807, 2.05) is 4.90 Å². The highest BCUT2D eigenvalue weighted by Crippen LogP contribution is 2.19. The predicted octanol–water partition coefficient (Wildman–Crippen LogP) is 0.0226. The normalized spacial score (nSPS) is 29.0. The molecule has 0 N–H and O–H groups in total. The molecule has 0 spiro atoms. The van der Waals surface area contributed by atoms with Crippen molar-refractivity contribution in [3.05, 3.63) is 0 Å². The zero-order valence-corrected chi connectivity index (χ0v) is 7.86. The van der Waals surface area contributed by atoms with Crippen molar-refractivity contribution in [2.75, 3.05) is 26.8 Å². The molecule has 4 heteroatoms. The lowest BCUT2D eigenvalue weighted by atomic mass is 10.1. The summed E-state index contributed by atoms with van der Waals surface area (Å²) in [6.07, 6.45) is 1.97. The number of nitrogens with zero attached hydrogens (tertiary/aromatic N) is 1. The summed E-state index contributed by atoms with van der Waals surface area (Å²) < 4.78 is 10.4. The van der Waals surface area contributed by atoms with Crippen molar-refractivity contribution >= 4 is 5.91 Å². The Kier molecular flexibility index (Phi) is 2.51. The minimum absolute atomic E-state index is 0.144. The van der Waals surface area contributed by atoms with Crippen LogP contribution >= 0.6 is 0 Å². The number of carbonyl (C=O) groups excluding carboxylic acids is 1. The molecule has 13 heavy (non-hydrogen) atoms. The summed E-state index contributed by atoms with van der Waals surface area (Å²) in [4.78, 5) is 13.4. The van der Waals surface area contributed by atoms with Crippen LogP contribution in [0.1, 0.15) is 12.8 Å². The summed E-state index contributed by atoms with van der Waals surface area (Å²) in [5.74, 6) is 0.144. The number of amides is 1. The molecule has 0 aliphatic carbocycles. The molecule has 2 heterocycles. The second-order valence-corrected chi connectivity index (χ2v) is 3.60. The lowest BCUT2D eigenvalue weighted by molar-refractivity contribution is -0.152. The van der Waals surface area contributed by atoms with Gasteiger partial charge in [0.15, 0.2) is 0 Å². The van der Waals surface area contributed by atoms with E-state index in [1.165, 1.54) is 0 Å². The average molecular weight is 185 g/mol. The van der Waals surface area contributed by atoms with Gasteiger partial charge in [0, 0.05) is 26.8 Å². The van der Waals surface area contributed by atoms with Gasteiger partial charge >= 0.3 is 0 Å². The van der Waals surface area contributed by atoms with E-state index in [0.717, 1.165) is 32.5 Å². The van der Waals surface area contributed by atoms with E-state index < -0.39 is 0 Å². The fourth-order valence-electron chi connectivity index (χ4n) is 1.74. The molecule has 0 aromatic heterocycles. The number of hydrogen-bond donors (Lipinski definition) is 0. The Labute approximate surface area is 77.8 Å². The highest BCUT2D eigenvalue weighted by Gasteiger charge is 2.35. The first kappa shape index (κ1) is 8.97. The highest BCUT2D eigenvalue weighted by molar-refractivity contribution is 5.82. The van der Waals surface area contributed by atoms with Crippen molar-refractivity contribution in [2.45, 2.75) is 25.0 Å². The zero-order chi connectivity index (χ0) is 9.26. The van der Waals surface area contributed by atoms with Crippen molar-refractivity contribution < 1.29 is 14.3 Å². The maximum atomic E-state index is 11.6. The molecule has 1 amide bonds. The number of rotatable bonds is 2. The van der Waals surface area contributed by atoms with Crippen LogP contribution in [0.25, 0.3) is 0 Å². The molecule has 0 radical (unpaired) electrons. The standard InChI is InChI=1S/C9H15NO3/c1-12-7-5-10(6-7)9(11)8-3-2-4-13-8/h7-8H,2-6H2,1H3. The van der Waals surface area contributed by atoms with Crippen molar-refractivity contribution in [2.24, 2.45) is 0 Å². The molecule has 0 bridgehead atoms. The number of methoxy groups -OCH3 is 1. The second-order valence-electron chi connectivity index (χ2n) is 3.60. The zero-order valence-electron chi connectivity index (χ0n) is 7.86. The van der Waals surface area contributed by atoms with Crippen molar-refractivity contribution in [3.63, 3.8) is 0 Å². The molecule has 1 unspecified atom stereocenters. The second kappa shape index (κ2) is 3.64. The number of carbonyl (C=O) groups is 1. The van der Waals surface area contributed by atoms with Crippen molar-refractivity contribution in [3.8, 4) is 0 Å². The van der Waals surface area contributed by atoms with Gasteiger partial charge in [-0.25, -0.2) is 0 Å². The molecule has 0 aromatic carbocycles. The Balaban J connectivity index is 1.78. The molecule has 2 aliphatic heterocycles. The van der Waals surface area contributed by atoms with Gasteiger partial charge in [0.2, 0.25) is 0 Å². The Morgan fingerprint density at radius 2 is 2.31 bits per heavy atom. The minimum Gasteiger partial charge on any atom is -0.378 e. The van der Waals surface area contributed by atoms with Crippen LogP contribution in [-0.2, 0) is 14.3 Å². The van der Waals surface area contributed by atoms with Gasteiger partial charge in [-0.2, -0.15) is 0 Å². The van der Waals surface area contributed by atoms with E-state index in [2.05, 4.69) is 0 Å². The van der Waals surface area contributed by atoms with Crippen LogP contribution in [0.4, 0.5) is 0 Å². The van der Waals surface area contributed by atoms with Gasteiger partial charge in [0.05, 0.1) is 6.10 Å². The average Bonchev–Trinajstić information content (AvgIpc) is 2.53. The van der Waals surface area contributed by atoms with E-state index in [1.54, 1.807) is 7.11 Å². The Bertz CT molecular complexity index is 195. The third-order valence-corrected chi connectivity index (χ3v) is 2.70. The third-order valence-electron chi connectivity index (χ3n) is 2.70. The summed E-state index contributed by atoms with van der Waals surface area (Å²) in [5.41, 5.74) is 0. The van der Waals surface area contributed by atoms with Crippen LogP contribution < -0.4 is 0 Å². The molecular formula is C9H15NO3. The van der Waals surface area contributed by atoms with E-state index in [4.69, 9.17) is 9.47 Å². The van der Waals surface area contributed by atoms with Crippen molar-refractivity contribution in [1.82, 2.24) is 4.90 Å². The van der Waals surface area contributed by atoms with Gasteiger partial charge in [-0.15, -0.1) is 0 Å². The highest BCUT2D eigenvalue weighted by atomic mass is 16.5. The molecule has 2 fully saturated rings. The van der Waals surface area contributed by atoms with Crippen LogP contribution in [0.3, 0.4) is 0 Å². The van der Waals surface area contributed by atoms with E-state index in [-0.39, 0.29) is 18.1 Å². The minimum atomic E-state index is -0.169. The van der Waals surface area contributed by atoms with Gasteiger partial charge in [-0.05, 0) is 12.8 Å². The largest absolute Gasteiger partial charge is 0.378 e. The molecule has 2 aliphatic rings. The van der Waals surface area contributed by atoms with Crippen LogP contribution in [0.15, 0.2) is 0 Å². The third kappa shape index (κ3) is 1.69. The van der Waals surface area contributed by atoms with Crippen LogP contribution in [-0.4, -0.2) is 49.8 Å². The molecule has 1 atom stereocenters. The molecule has 74 valence electrons. The first-order chi connectivity index (χ1) is 6.31. The van der Waals surface area contributed by atoms with E-state index in [9.17, 15) is 4.79 Å². The van der Waals surface area contributed by atoms with E-state index in [0.29, 0.717) is 0 Å². The van der Waals surface area contributed by atoms with Crippen LogP contribution in [0.5, 0.6) is 0 Å². The van der Waals surface area contributed by atoms with E-state index >= 15 is 0 Å². The van der Waals surface area contributed by atoms with Crippen LogP contribution in [0.2, 0.25) is 0 Å². The van der Waals surface area contributed by atoms with Crippen molar-refractivity contribution in [1.29, 1.82) is 0 Å². The lowest BCUT2D eigenvalue weighted by Crippen LogP contribution is -2.57. The van der Waals surface area contributed by atoms with Crippen LogP contribution in [0, 0.1) is 0 Å². The maximum absolute atomic E-state index is 11.6. The Morgan fingerprint density at radius 1 is 1.54 bits per heavy atom. The molecule has 4 nitrogen and oxygen atoms in total. The number of ether oxygens (including phenoxy) is 2. The summed E-state index contributed by atoms with van der Waals surface area (Å²) in [6.45, 7) is 2.20. The SMILES string of the molecule is COC1CN(C(=O)C2CCCO2)C1. The summed E-state index contributed by atoms with van der Waals surface area (Å²) in [5, 5.41) is 0. The summed E-state index contributed by atoms with van der Waals surface area (Å²) >= 11 is 0. The summed E-state index contributed by atoms with van der Waals surface area (Å²) in [7, 11) is 1.68. The molecule has 2 saturated heterocycles. The Hall–Kier alpha value is -0.610. The molecule has 2 rings (SSSR count). The van der Waals surface area contributed by atoms with Gasteiger partial charge < -0.3 is 14.4 Å². The van der Waals surface area contributed by atoms with Gasteiger partial charge in [-0.3, -0.25) is 4.79 Å². The first-order valence-electron chi connectivity index (χ1n) is 4.74. The summed E-state index contributed by atoms with van der Waals surface area (Å²) in [6, 6.07) is 0. The molecule has 0 saturated carbocycles. The van der Waals surface area contributed by atoms with Gasteiger partial charge in [0.1, 0.15) is 6.10 Å². The Morgan fingerprint density at radius 3 is 2.85 bits per heavy atom. The fourth-order valence-corrected chi connectivity index (χ4v) is 1.74. The number of hydrogen-bond acceptors (Lipinski definition) is 3. The fraction of sp³-hybridized carbons (Fsp3) is 0.889. The smallest absolute Gasteiger partial charge is 0.251 e. The topological polar surface area (TPSA) is 38.8 Å². The quantitative estimate of drug-likeness (QED) is 0.609. The monoisotopic (exact) mass is 185 g/mol. The first-order valence-corrected chi connectivity index (χ1v) is 4.74. The number of likely N-dealkylation sites (tertiary alicyclic amines) is 1. The predicted molar refractivity (Wildman–Crippen MR) is 46.4 cm³/mol.